The van der Waals surface area contributed by atoms with E-state index in [4.69, 9.17) is 21.1 Å². The summed E-state index contributed by atoms with van der Waals surface area (Å²) in [7, 11) is 0. The number of esters is 1. The van der Waals surface area contributed by atoms with Crippen LogP contribution in [0.5, 0.6) is 5.75 Å². The smallest absolute Gasteiger partial charge is 0.344 e. The number of Topliss-reactive ketones (excluding diaryl/α,β-unsaturated/α-hetero) is 1. The number of benzene rings is 3. The Labute approximate surface area is 149 Å². The Morgan fingerprint density at radius 3 is 2.36 bits per heavy atom. The molecule has 0 N–H and O–H groups in total. The van der Waals surface area contributed by atoms with Gasteiger partial charge in [0.05, 0.1) is 0 Å². The summed E-state index contributed by atoms with van der Waals surface area (Å²) in [4.78, 5) is 24.1. The van der Waals surface area contributed by atoms with Gasteiger partial charge < -0.3 is 9.47 Å². The molecular formula is C20H15ClO4. The van der Waals surface area contributed by atoms with E-state index in [1.807, 2.05) is 30.3 Å². The fourth-order valence-corrected chi connectivity index (χ4v) is 2.53. The van der Waals surface area contributed by atoms with E-state index < -0.39 is 5.97 Å². The summed E-state index contributed by atoms with van der Waals surface area (Å²) in [5, 5.41) is 2.38. The largest absolute Gasteiger partial charge is 0.482 e. The van der Waals surface area contributed by atoms with Crippen LogP contribution in [-0.2, 0) is 9.53 Å². The summed E-state index contributed by atoms with van der Waals surface area (Å²) >= 11 is 5.77. The average Bonchev–Trinajstić information content (AvgIpc) is 2.65. The molecule has 3 aromatic rings. The first kappa shape index (κ1) is 17.0. The van der Waals surface area contributed by atoms with Crippen LogP contribution in [0, 0.1) is 0 Å². The van der Waals surface area contributed by atoms with Gasteiger partial charge in [-0.25, -0.2) is 4.79 Å². The molecule has 3 aromatic carbocycles. The summed E-state index contributed by atoms with van der Waals surface area (Å²) in [6.07, 6.45) is 0. The maximum atomic E-state index is 12.3. The highest BCUT2D eigenvalue weighted by atomic mass is 35.5. The molecule has 0 aromatic heterocycles. The molecule has 25 heavy (non-hydrogen) atoms. The molecule has 126 valence electrons. The molecule has 0 saturated heterocycles. The maximum absolute atomic E-state index is 12.3. The van der Waals surface area contributed by atoms with Crippen LogP contribution in [0.4, 0.5) is 0 Å². The van der Waals surface area contributed by atoms with Crippen molar-refractivity contribution < 1.29 is 19.1 Å². The van der Waals surface area contributed by atoms with E-state index in [2.05, 4.69) is 0 Å². The number of rotatable bonds is 6. The second kappa shape index (κ2) is 7.81. The summed E-state index contributed by atoms with van der Waals surface area (Å²) in [6.45, 7) is -0.596. The van der Waals surface area contributed by atoms with Crippen molar-refractivity contribution in [2.75, 3.05) is 13.2 Å². The second-order valence-corrected chi connectivity index (χ2v) is 5.79. The van der Waals surface area contributed by atoms with Gasteiger partial charge in [-0.3, -0.25) is 4.79 Å². The maximum Gasteiger partial charge on any atom is 0.344 e. The SMILES string of the molecule is O=C(COc1ccc(Cl)cc1)OCC(=O)c1cccc2ccccc12. The number of ketones is 1. The molecule has 0 amide bonds. The molecule has 0 unspecified atom stereocenters. The molecule has 4 nitrogen and oxygen atoms in total. The van der Waals surface area contributed by atoms with Crippen LogP contribution in [0.25, 0.3) is 10.8 Å². The van der Waals surface area contributed by atoms with Crippen molar-refractivity contribution in [2.45, 2.75) is 0 Å². The monoisotopic (exact) mass is 354 g/mol. The third-order valence-electron chi connectivity index (χ3n) is 3.62. The molecule has 0 saturated carbocycles. The number of halogens is 1. The van der Waals surface area contributed by atoms with E-state index >= 15 is 0 Å². The normalized spacial score (nSPS) is 10.4. The number of ether oxygens (including phenoxy) is 2. The molecule has 3 rings (SSSR count). The van der Waals surface area contributed by atoms with Crippen LogP contribution < -0.4 is 4.74 Å². The van der Waals surface area contributed by atoms with Gasteiger partial charge in [-0.2, -0.15) is 0 Å². The first-order valence-corrected chi connectivity index (χ1v) is 8.06. The first-order valence-electron chi connectivity index (χ1n) is 7.68. The molecule has 0 bridgehead atoms. The Bertz CT molecular complexity index is 898. The van der Waals surface area contributed by atoms with E-state index in [0.29, 0.717) is 16.3 Å². The fraction of sp³-hybridized carbons (Fsp3) is 0.100. The minimum absolute atomic E-state index is 0.253. The van der Waals surface area contributed by atoms with Gasteiger partial charge in [0.2, 0.25) is 5.78 Å². The van der Waals surface area contributed by atoms with Gasteiger partial charge in [0.1, 0.15) is 5.75 Å². The predicted molar refractivity (Wildman–Crippen MR) is 96.2 cm³/mol. The zero-order valence-electron chi connectivity index (χ0n) is 13.3. The quantitative estimate of drug-likeness (QED) is 0.489. The van der Waals surface area contributed by atoms with Gasteiger partial charge in [-0.15, -0.1) is 0 Å². The Balaban J connectivity index is 1.56. The standard InChI is InChI=1S/C20H15ClO4/c21-15-8-10-16(11-9-15)24-13-20(23)25-12-19(22)18-7-3-5-14-4-1-2-6-17(14)18/h1-11H,12-13H2. The molecule has 0 aliphatic carbocycles. The highest BCUT2D eigenvalue weighted by molar-refractivity contribution is 6.30. The topological polar surface area (TPSA) is 52.6 Å². The fourth-order valence-electron chi connectivity index (χ4n) is 2.41. The van der Waals surface area contributed by atoms with E-state index in [0.717, 1.165) is 10.8 Å². The molecule has 0 aliphatic heterocycles. The number of carbonyl (C=O) groups excluding carboxylic acids is 2. The first-order chi connectivity index (χ1) is 12.1. The molecule has 0 aliphatic rings. The molecule has 0 atom stereocenters. The second-order valence-electron chi connectivity index (χ2n) is 5.35. The van der Waals surface area contributed by atoms with Crippen molar-refractivity contribution in [2.24, 2.45) is 0 Å². The molecular weight excluding hydrogens is 340 g/mol. The molecule has 0 radical (unpaired) electrons. The lowest BCUT2D eigenvalue weighted by molar-refractivity contribution is -0.144. The van der Waals surface area contributed by atoms with Gasteiger partial charge in [-0.1, -0.05) is 54.1 Å². The van der Waals surface area contributed by atoms with Gasteiger partial charge in [0.15, 0.2) is 13.2 Å². The Hall–Kier alpha value is -2.85. The number of hydrogen-bond acceptors (Lipinski definition) is 4. The van der Waals surface area contributed by atoms with Crippen LogP contribution >= 0.6 is 11.6 Å². The predicted octanol–water partition coefficient (Wildman–Crippen LogP) is 4.30. The Morgan fingerprint density at radius 2 is 1.56 bits per heavy atom. The summed E-state index contributed by atoms with van der Waals surface area (Å²) in [6, 6.07) is 19.6. The van der Waals surface area contributed by atoms with Crippen molar-refractivity contribution in [1.82, 2.24) is 0 Å². The molecule has 0 spiro atoms. The molecule has 5 heteroatoms. The van der Waals surface area contributed by atoms with Crippen molar-refractivity contribution >= 4 is 34.1 Å². The van der Waals surface area contributed by atoms with E-state index in [9.17, 15) is 9.59 Å². The zero-order chi connectivity index (χ0) is 17.6. The van der Waals surface area contributed by atoms with E-state index in [1.54, 1.807) is 36.4 Å². The van der Waals surface area contributed by atoms with Gasteiger partial charge >= 0.3 is 5.97 Å². The summed E-state index contributed by atoms with van der Waals surface area (Å²) < 4.78 is 10.3. The highest BCUT2D eigenvalue weighted by Crippen LogP contribution is 2.19. The van der Waals surface area contributed by atoms with Crippen molar-refractivity contribution in [1.29, 1.82) is 0 Å². The summed E-state index contributed by atoms with van der Waals surface area (Å²) in [5.41, 5.74) is 0.532. The average molecular weight is 355 g/mol. The third kappa shape index (κ3) is 4.37. The summed E-state index contributed by atoms with van der Waals surface area (Å²) in [5.74, 6) is -0.359. The van der Waals surface area contributed by atoms with Gasteiger partial charge in [0.25, 0.3) is 0 Å². The van der Waals surface area contributed by atoms with Gasteiger partial charge in [-0.05, 0) is 35.0 Å². The lowest BCUT2D eigenvalue weighted by Crippen LogP contribution is -2.19. The molecule has 0 fully saturated rings. The van der Waals surface area contributed by atoms with Crippen LogP contribution in [0.1, 0.15) is 10.4 Å². The number of carbonyl (C=O) groups is 2. The van der Waals surface area contributed by atoms with Crippen LogP contribution in [0.2, 0.25) is 5.02 Å². The zero-order valence-corrected chi connectivity index (χ0v) is 14.0. The third-order valence-corrected chi connectivity index (χ3v) is 3.88. The number of hydrogen-bond donors (Lipinski definition) is 0. The minimum Gasteiger partial charge on any atom is -0.482 e. The van der Waals surface area contributed by atoms with E-state index in [-0.39, 0.29) is 19.0 Å². The van der Waals surface area contributed by atoms with Crippen LogP contribution in [-0.4, -0.2) is 25.0 Å². The number of fused-ring (bicyclic) bond motifs is 1. The lowest BCUT2D eigenvalue weighted by atomic mass is 10.0. The molecule has 0 heterocycles. The van der Waals surface area contributed by atoms with Gasteiger partial charge in [0, 0.05) is 10.6 Å². The minimum atomic E-state index is -0.608. The van der Waals surface area contributed by atoms with Crippen LogP contribution in [0.3, 0.4) is 0 Å². The van der Waals surface area contributed by atoms with Crippen molar-refractivity contribution in [3.05, 3.63) is 77.3 Å². The van der Waals surface area contributed by atoms with E-state index in [1.165, 1.54) is 0 Å². The highest BCUT2D eigenvalue weighted by Gasteiger charge is 2.13. The van der Waals surface area contributed by atoms with Crippen molar-refractivity contribution in [3.63, 3.8) is 0 Å². The lowest BCUT2D eigenvalue weighted by Gasteiger charge is -2.08. The Morgan fingerprint density at radius 1 is 0.840 bits per heavy atom. The Kier molecular flexibility index (Phi) is 5.31. The van der Waals surface area contributed by atoms with Crippen molar-refractivity contribution in [3.8, 4) is 5.75 Å². The van der Waals surface area contributed by atoms with Crippen LogP contribution in [0.15, 0.2) is 66.7 Å².